The number of hydrogen-bond acceptors (Lipinski definition) is 3. The molecule has 4 atom stereocenters. The molecule has 1 N–H and O–H groups in total. The summed E-state index contributed by atoms with van der Waals surface area (Å²) in [5, 5.41) is 10.6. The van der Waals surface area contributed by atoms with Gasteiger partial charge in [-0.2, -0.15) is 12.6 Å². The third kappa shape index (κ3) is 7.08. The second kappa shape index (κ2) is 12.0. The first-order valence-electron chi connectivity index (χ1n) is 13.1. The van der Waals surface area contributed by atoms with E-state index in [4.69, 9.17) is 17.4 Å². The zero-order valence-corrected chi connectivity index (χ0v) is 23.1. The molecule has 1 aliphatic heterocycles. The van der Waals surface area contributed by atoms with E-state index < -0.39 is 0 Å². The maximum Gasteiger partial charge on any atom is 0.127 e. The van der Waals surface area contributed by atoms with Gasteiger partial charge in [-0.15, -0.1) is 0 Å². The molecule has 1 aromatic carbocycles. The third-order valence-corrected chi connectivity index (χ3v) is 8.75. The fraction of sp³-hybridized carbons (Fsp3) is 0.793. The van der Waals surface area contributed by atoms with Crippen molar-refractivity contribution in [3.63, 3.8) is 0 Å². The van der Waals surface area contributed by atoms with Crippen molar-refractivity contribution in [3.05, 3.63) is 22.3 Å². The molecule has 0 radical (unpaired) electrons. The fourth-order valence-electron chi connectivity index (χ4n) is 5.26. The van der Waals surface area contributed by atoms with Crippen LogP contribution in [-0.2, 0) is 6.42 Å². The van der Waals surface area contributed by atoms with Gasteiger partial charge in [0.05, 0.1) is 0 Å². The number of benzene rings is 1. The van der Waals surface area contributed by atoms with Crippen LogP contribution in [0.25, 0.3) is 0 Å². The molecule has 0 bridgehead atoms. The van der Waals surface area contributed by atoms with Crippen LogP contribution in [0.1, 0.15) is 115 Å². The van der Waals surface area contributed by atoms with Gasteiger partial charge in [0.25, 0.3) is 0 Å². The Hall–Kier alpha value is -0.830. The first kappa shape index (κ1) is 27.4. The van der Waals surface area contributed by atoms with E-state index in [1.54, 1.807) is 0 Å². The number of ether oxygens (including phenoxy) is 1. The Morgan fingerprint density at radius 1 is 0.875 bits per heavy atom. The van der Waals surface area contributed by atoms with Gasteiger partial charge in [0, 0.05) is 10.8 Å². The van der Waals surface area contributed by atoms with Crippen molar-refractivity contribution >= 4 is 12.6 Å². The van der Waals surface area contributed by atoms with Crippen LogP contribution in [0.3, 0.4) is 0 Å². The van der Waals surface area contributed by atoms with Crippen LogP contribution in [-0.4, -0.2) is 16.0 Å². The highest BCUT2D eigenvalue weighted by molar-refractivity contribution is 7.81. The molecule has 0 spiro atoms. The van der Waals surface area contributed by atoms with Gasteiger partial charge in [-0.1, -0.05) is 72.6 Å². The van der Waals surface area contributed by atoms with Crippen LogP contribution < -0.4 is 4.74 Å². The Kier molecular flexibility index (Phi) is 10.3. The van der Waals surface area contributed by atoms with Gasteiger partial charge >= 0.3 is 0 Å². The molecule has 0 aromatic heterocycles. The molecule has 3 heteroatoms. The zero-order chi connectivity index (χ0) is 24.1. The van der Waals surface area contributed by atoms with Gasteiger partial charge in [0.1, 0.15) is 17.1 Å². The summed E-state index contributed by atoms with van der Waals surface area (Å²) in [5.41, 5.74) is 3.86. The third-order valence-electron chi connectivity index (χ3n) is 8.02. The number of aromatic hydroxyl groups is 1. The Morgan fingerprint density at radius 2 is 1.41 bits per heavy atom. The van der Waals surface area contributed by atoms with E-state index in [2.05, 4.69) is 41.5 Å². The fourth-order valence-corrected chi connectivity index (χ4v) is 5.62. The van der Waals surface area contributed by atoms with Crippen LogP contribution in [0.5, 0.6) is 11.5 Å². The summed E-state index contributed by atoms with van der Waals surface area (Å²) in [4.78, 5) is 0. The molecule has 2 nitrogen and oxygen atoms in total. The van der Waals surface area contributed by atoms with E-state index in [1.807, 2.05) is 13.8 Å². The standard InChI is InChI=1S/C29H50O2S/c1-19(2)12-9-13-20(3)14-10-15-21(4)16-11-17-29(8)26(32)18-25-24(7)27(30)22(5)23(6)28(25)31-29/h19-21,26,30,32H,9-18H2,1-8H3/t20-,21+,26?,29-/m0/s1. The van der Waals surface area contributed by atoms with Gasteiger partial charge < -0.3 is 9.84 Å². The molecular formula is C29H50O2S. The minimum Gasteiger partial charge on any atom is -0.507 e. The van der Waals surface area contributed by atoms with Gasteiger partial charge in [-0.05, 0) is 81.4 Å². The quantitative estimate of drug-likeness (QED) is 0.304. The predicted octanol–water partition coefficient (Wildman–Crippen LogP) is 8.75. The zero-order valence-electron chi connectivity index (χ0n) is 22.2. The van der Waals surface area contributed by atoms with E-state index in [0.717, 1.165) is 58.6 Å². The summed E-state index contributed by atoms with van der Waals surface area (Å²) >= 11 is 4.95. The molecule has 2 rings (SSSR count). The highest BCUT2D eigenvalue weighted by Crippen LogP contribution is 2.46. The lowest BCUT2D eigenvalue weighted by Gasteiger charge is -2.42. The first-order valence-corrected chi connectivity index (χ1v) is 13.7. The van der Waals surface area contributed by atoms with E-state index >= 15 is 0 Å². The maximum absolute atomic E-state index is 10.5. The lowest BCUT2D eigenvalue weighted by atomic mass is 9.83. The molecule has 1 unspecified atom stereocenters. The molecule has 1 aliphatic rings. The van der Waals surface area contributed by atoms with Crippen molar-refractivity contribution in [2.24, 2.45) is 17.8 Å². The maximum atomic E-state index is 10.5. The normalized spacial score (nSPS) is 22.5. The van der Waals surface area contributed by atoms with Crippen molar-refractivity contribution in [1.82, 2.24) is 0 Å². The van der Waals surface area contributed by atoms with E-state index in [1.165, 1.54) is 51.4 Å². The highest BCUT2D eigenvalue weighted by atomic mass is 32.1. The summed E-state index contributed by atoms with van der Waals surface area (Å²) in [6.45, 7) is 17.8. The first-order chi connectivity index (χ1) is 15.0. The topological polar surface area (TPSA) is 29.5 Å². The number of phenols is 1. The Morgan fingerprint density at radius 3 is 1.97 bits per heavy atom. The van der Waals surface area contributed by atoms with Crippen molar-refractivity contribution in [2.75, 3.05) is 0 Å². The van der Waals surface area contributed by atoms with Crippen molar-refractivity contribution in [1.29, 1.82) is 0 Å². The Bertz CT molecular complexity index is 741. The summed E-state index contributed by atoms with van der Waals surface area (Å²) in [5.74, 6) is 3.89. The average Bonchev–Trinajstić information content (AvgIpc) is 2.72. The van der Waals surface area contributed by atoms with E-state index in [0.29, 0.717) is 5.75 Å². The second-order valence-corrected chi connectivity index (χ2v) is 12.1. The van der Waals surface area contributed by atoms with Gasteiger partial charge in [-0.25, -0.2) is 0 Å². The number of thiol groups is 1. The largest absolute Gasteiger partial charge is 0.507 e. The Balaban J connectivity index is 1.80. The summed E-state index contributed by atoms with van der Waals surface area (Å²) in [7, 11) is 0. The summed E-state index contributed by atoms with van der Waals surface area (Å²) < 4.78 is 6.64. The molecule has 32 heavy (non-hydrogen) atoms. The molecular weight excluding hydrogens is 412 g/mol. The number of phenolic OH excluding ortho intramolecular Hbond substituents is 1. The number of rotatable bonds is 12. The van der Waals surface area contributed by atoms with Gasteiger partial charge in [0.15, 0.2) is 0 Å². The molecule has 0 saturated heterocycles. The van der Waals surface area contributed by atoms with Crippen LogP contribution >= 0.6 is 12.6 Å². The Labute approximate surface area is 204 Å². The molecule has 184 valence electrons. The van der Waals surface area contributed by atoms with E-state index in [-0.39, 0.29) is 10.9 Å². The lowest BCUT2D eigenvalue weighted by Crippen LogP contribution is -2.46. The molecule has 1 heterocycles. The van der Waals surface area contributed by atoms with Crippen LogP contribution in [0.4, 0.5) is 0 Å². The highest BCUT2D eigenvalue weighted by Gasteiger charge is 2.40. The minimum atomic E-state index is -0.249. The van der Waals surface area contributed by atoms with Crippen LogP contribution in [0, 0.1) is 38.5 Å². The van der Waals surface area contributed by atoms with Gasteiger partial charge in [0.2, 0.25) is 0 Å². The van der Waals surface area contributed by atoms with Gasteiger partial charge in [-0.3, -0.25) is 0 Å². The molecule has 0 amide bonds. The molecule has 0 saturated carbocycles. The summed E-state index contributed by atoms with van der Waals surface area (Å²) in [6.07, 6.45) is 12.6. The number of hydrogen-bond donors (Lipinski definition) is 2. The lowest BCUT2D eigenvalue weighted by molar-refractivity contribution is 0.0581. The van der Waals surface area contributed by atoms with Crippen molar-refractivity contribution < 1.29 is 9.84 Å². The summed E-state index contributed by atoms with van der Waals surface area (Å²) in [6, 6.07) is 0. The van der Waals surface area contributed by atoms with Crippen molar-refractivity contribution in [3.8, 4) is 11.5 Å². The molecule has 1 aromatic rings. The molecule has 0 fully saturated rings. The van der Waals surface area contributed by atoms with Crippen molar-refractivity contribution in [2.45, 2.75) is 130 Å². The monoisotopic (exact) mass is 462 g/mol. The smallest absolute Gasteiger partial charge is 0.127 e. The molecule has 0 aliphatic carbocycles. The SMILES string of the molecule is Cc1c(C)c2c(c(C)c1O)CC(S)[C@](C)(CCC[C@H](C)CCC[C@@H](C)CCCC(C)C)O2. The average molecular weight is 463 g/mol. The minimum absolute atomic E-state index is 0.150. The second-order valence-electron chi connectivity index (χ2n) is 11.5. The van der Waals surface area contributed by atoms with E-state index in [9.17, 15) is 5.11 Å². The van der Waals surface area contributed by atoms with Crippen LogP contribution in [0.15, 0.2) is 0 Å². The van der Waals surface area contributed by atoms with Crippen LogP contribution in [0.2, 0.25) is 0 Å². The number of fused-ring (bicyclic) bond motifs is 1. The predicted molar refractivity (Wildman–Crippen MR) is 143 cm³/mol.